The van der Waals surface area contributed by atoms with Crippen molar-refractivity contribution in [1.82, 2.24) is 4.98 Å². The van der Waals surface area contributed by atoms with Crippen LogP contribution in [0.1, 0.15) is 11.1 Å². The van der Waals surface area contributed by atoms with Crippen LogP contribution in [0, 0.1) is 18.3 Å². The zero-order valence-corrected chi connectivity index (χ0v) is 16.1. The SMILES string of the molecule is COc1ccc(C)cc1S(=O)(=O)Nc1ccc(Nc2cccc(C#N)c2)nc1. The number of nitrogens with one attached hydrogen (secondary N) is 2. The Balaban J connectivity index is 1.78. The summed E-state index contributed by atoms with van der Waals surface area (Å²) >= 11 is 0. The molecule has 0 atom stereocenters. The summed E-state index contributed by atoms with van der Waals surface area (Å²) in [5.74, 6) is 0.785. The van der Waals surface area contributed by atoms with Crippen molar-refractivity contribution in [3.8, 4) is 11.8 Å². The Labute approximate surface area is 163 Å². The summed E-state index contributed by atoms with van der Waals surface area (Å²) < 4.78 is 33.1. The van der Waals surface area contributed by atoms with Gasteiger partial charge in [0.05, 0.1) is 30.6 Å². The van der Waals surface area contributed by atoms with Crippen LogP contribution in [0.4, 0.5) is 17.2 Å². The Kier molecular flexibility index (Phi) is 5.47. The van der Waals surface area contributed by atoms with Gasteiger partial charge in [0, 0.05) is 5.69 Å². The highest BCUT2D eigenvalue weighted by Gasteiger charge is 2.20. The third-order valence-corrected chi connectivity index (χ3v) is 5.29. The van der Waals surface area contributed by atoms with Crippen molar-refractivity contribution >= 4 is 27.2 Å². The quantitative estimate of drug-likeness (QED) is 0.659. The minimum atomic E-state index is -3.83. The van der Waals surface area contributed by atoms with Crippen LogP contribution in [-0.4, -0.2) is 20.5 Å². The molecule has 0 aliphatic heterocycles. The molecule has 0 radical (unpaired) electrons. The van der Waals surface area contributed by atoms with E-state index in [4.69, 9.17) is 10.00 Å². The van der Waals surface area contributed by atoms with Gasteiger partial charge in [0.2, 0.25) is 0 Å². The molecule has 0 saturated carbocycles. The van der Waals surface area contributed by atoms with Crippen molar-refractivity contribution in [3.05, 3.63) is 71.9 Å². The lowest BCUT2D eigenvalue weighted by Crippen LogP contribution is -2.14. The molecule has 0 aliphatic rings. The number of aromatic nitrogens is 1. The van der Waals surface area contributed by atoms with Crippen molar-refractivity contribution in [1.29, 1.82) is 5.26 Å². The predicted molar refractivity (Wildman–Crippen MR) is 107 cm³/mol. The molecule has 142 valence electrons. The summed E-state index contributed by atoms with van der Waals surface area (Å²) in [7, 11) is -2.41. The van der Waals surface area contributed by atoms with Crippen LogP contribution >= 0.6 is 0 Å². The molecule has 0 saturated heterocycles. The van der Waals surface area contributed by atoms with E-state index in [9.17, 15) is 8.42 Å². The average Bonchev–Trinajstić information content (AvgIpc) is 2.69. The molecular weight excluding hydrogens is 376 g/mol. The van der Waals surface area contributed by atoms with Crippen LogP contribution in [0.5, 0.6) is 5.75 Å². The van der Waals surface area contributed by atoms with Crippen molar-refractivity contribution in [3.63, 3.8) is 0 Å². The normalized spacial score (nSPS) is 10.8. The van der Waals surface area contributed by atoms with E-state index in [1.165, 1.54) is 13.3 Å². The van der Waals surface area contributed by atoms with Crippen LogP contribution in [0.2, 0.25) is 0 Å². The van der Waals surface area contributed by atoms with E-state index in [0.29, 0.717) is 22.8 Å². The third kappa shape index (κ3) is 4.39. The molecule has 7 nitrogen and oxygen atoms in total. The highest BCUT2D eigenvalue weighted by molar-refractivity contribution is 7.92. The van der Waals surface area contributed by atoms with Crippen LogP contribution in [-0.2, 0) is 10.0 Å². The lowest BCUT2D eigenvalue weighted by molar-refractivity contribution is 0.402. The molecule has 8 heteroatoms. The fourth-order valence-corrected chi connectivity index (χ4v) is 3.84. The summed E-state index contributed by atoms with van der Waals surface area (Å²) in [6.45, 7) is 1.81. The second-order valence-corrected chi connectivity index (χ2v) is 7.66. The van der Waals surface area contributed by atoms with Crippen molar-refractivity contribution in [2.75, 3.05) is 17.1 Å². The van der Waals surface area contributed by atoms with Gasteiger partial charge in [-0.25, -0.2) is 13.4 Å². The molecule has 0 unspecified atom stereocenters. The lowest BCUT2D eigenvalue weighted by atomic mass is 10.2. The first-order valence-corrected chi connectivity index (χ1v) is 9.80. The van der Waals surface area contributed by atoms with E-state index in [-0.39, 0.29) is 10.6 Å². The third-order valence-electron chi connectivity index (χ3n) is 3.89. The number of aryl methyl sites for hydroxylation is 1. The van der Waals surface area contributed by atoms with Gasteiger partial charge in [-0.1, -0.05) is 12.1 Å². The zero-order valence-electron chi connectivity index (χ0n) is 15.3. The fourth-order valence-electron chi connectivity index (χ4n) is 2.55. The first-order valence-electron chi connectivity index (χ1n) is 8.32. The Hall–Kier alpha value is -3.57. The second kappa shape index (κ2) is 7.98. The van der Waals surface area contributed by atoms with Gasteiger partial charge in [-0.05, 0) is 55.0 Å². The van der Waals surface area contributed by atoms with Crippen molar-refractivity contribution in [2.45, 2.75) is 11.8 Å². The zero-order chi connectivity index (χ0) is 20.1. The van der Waals surface area contributed by atoms with E-state index in [1.807, 2.05) is 13.0 Å². The van der Waals surface area contributed by atoms with Gasteiger partial charge in [0.25, 0.3) is 10.0 Å². The van der Waals surface area contributed by atoms with Gasteiger partial charge in [0.1, 0.15) is 16.5 Å². The molecule has 0 aliphatic carbocycles. The number of benzene rings is 2. The first kappa shape index (κ1) is 19.2. The predicted octanol–water partition coefficient (Wildman–Crippen LogP) is 3.81. The van der Waals surface area contributed by atoms with E-state index in [0.717, 1.165) is 5.56 Å². The number of hydrogen-bond acceptors (Lipinski definition) is 6. The average molecular weight is 394 g/mol. The fraction of sp³-hybridized carbons (Fsp3) is 0.100. The van der Waals surface area contributed by atoms with Crippen LogP contribution in [0.3, 0.4) is 0 Å². The maximum atomic E-state index is 12.7. The summed E-state index contributed by atoms with van der Waals surface area (Å²) in [6.07, 6.45) is 1.41. The molecule has 3 aromatic rings. The topological polar surface area (TPSA) is 104 Å². The highest BCUT2D eigenvalue weighted by atomic mass is 32.2. The molecule has 0 fully saturated rings. The number of hydrogen-bond donors (Lipinski definition) is 2. The molecule has 3 rings (SSSR count). The number of methoxy groups -OCH3 is 1. The minimum Gasteiger partial charge on any atom is -0.495 e. The molecule has 0 spiro atoms. The van der Waals surface area contributed by atoms with Gasteiger partial charge < -0.3 is 10.1 Å². The number of anilines is 3. The summed E-state index contributed by atoms with van der Waals surface area (Å²) in [6, 6.07) is 17.2. The van der Waals surface area contributed by atoms with Crippen molar-refractivity contribution < 1.29 is 13.2 Å². The molecule has 2 N–H and O–H groups in total. The monoisotopic (exact) mass is 394 g/mol. The summed E-state index contributed by atoms with van der Waals surface area (Å²) in [5, 5.41) is 12.0. The Morgan fingerprint density at radius 2 is 1.89 bits per heavy atom. The number of pyridine rings is 1. The second-order valence-electron chi connectivity index (χ2n) is 6.01. The van der Waals surface area contributed by atoms with Gasteiger partial charge in [0.15, 0.2) is 0 Å². The van der Waals surface area contributed by atoms with Gasteiger partial charge >= 0.3 is 0 Å². The van der Waals surface area contributed by atoms with E-state index in [1.54, 1.807) is 48.5 Å². The Bertz CT molecular complexity index is 1140. The number of ether oxygens (including phenoxy) is 1. The Morgan fingerprint density at radius 1 is 1.07 bits per heavy atom. The number of nitrogens with zero attached hydrogens (tertiary/aromatic N) is 2. The van der Waals surface area contributed by atoms with Crippen LogP contribution < -0.4 is 14.8 Å². The molecule has 1 aromatic heterocycles. The number of sulfonamides is 1. The van der Waals surface area contributed by atoms with Crippen LogP contribution in [0.15, 0.2) is 65.7 Å². The smallest absolute Gasteiger partial charge is 0.265 e. The molecule has 28 heavy (non-hydrogen) atoms. The summed E-state index contributed by atoms with van der Waals surface area (Å²) in [5.41, 5.74) is 2.36. The molecule has 0 bridgehead atoms. The number of nitriles is 1. The Morgan fingerprint density at radius 3 is 2.57 bits per heavy atom. The first-order chi connectivity index (χ1) is 13.4. The summed E-state index contributed by atoms with van der Waals surface area (Å²) in [4.78, 5) is 4.28. The van der Waals surface area contributed by atoms with Gasteiger partial charge in [-0.15, -0.1) is 0 Å². The molecule has 2 aromatic carbocycles. The molecular formula is C20H18N4O3S. The minimum absolute atomic E-state index is 0.0607. The highest BCUT2D eigenvalue weighted by Crippen LogP contribution is 2.27. The maximum Gasteiger partial charge on any atom is 0.265 e. The van der Waals surface area contributed by atoms with E-state index >= 15 is 0 Å². The van der Waals surface area contributed by atoms with Crippen LogP contribution in [0.25, 0.3) is 0 Å². The van der Waals surface area contributed by atoms with Gasteiger partial charge in [-0.3, -0.25) is 4.72 Å². The van der Waals surface area contributed by atoms with Crippen molar-refractivity contribution in [2.24, 2.45) is 0 Å². The van der Waals surface area contributed by atoms with Gasteiger partial charge in [-0.2, -0.15) is 5.26 Å². The number of rotatable bonds is 6. The molecule has 0 amide bonds. The largest absolute Gasteiger partial charge is 0.495 e. The lowest BCUT2D eigenvalue weighted by Gasteiger charge is -2.12. The van der Waals surface area contributed by atoms with E-state index < -0.39 is 10.0 Å². The maximum absolute atomic E-state index is 12.7. The standard InChI is InChI=1S/C20H18N4O3S/c1-14-6-8-18(27-2)19(10-14)28(25,26)24-17-7-9-20(22-13-17)23-16-5-3-4-15(11-16)12-21/h3-11,13,24H,1-2H3,(H,22,23). The molecule has 1 heterocycles. The van der Waals surface area contributed by atoms with E-state index in [2.05, 4.69) is 21.1 Å².